The number of primary amides is 1. The number of carbonyl (C=O) groups excluding carboxylic acids is 2. The number of carbonyl (C=O) groups is 3. The van der Waals surface area contributed by atoms with Crippen LogP contribution in [0.1, 0.15) is 30.8 Å². The van der Waals surface area contributed by atoms with Crippen LogP contribution >= 0.6 is 0 Å². The van der Waals surface area contributed by atoms with Gasteiger partial charge in [0.05, 0.1) is 12.1 Å². The van der Waals surface area contributed by atoms with Gasteiger partial charge >= 0.3 is 5.97 Å². The van der Waals surface area contributed by atoms with Gasteiger partial charge < -0.3 is 16.2 Å². The van der Waals surface area contributed by atoms with Crippen LogP contribution in [0, 0.1) is 11.8 Å². The summed E-state index contributed by atoms with van der Waals surface area (Å²) in [4.78, 5) is 33.6. The lowest BCUT2D eigenvalue weighted by molar-refractivity contribution is -0.142. The van der Waals surface area contributed by atoms with E-state index in [0.717, 1.165) is 4.68 Å². The molecule has 4 N–H and O–H groups in total. The minimum atomic E-state index is -0.957. The smallest absolute Gasteiger partial charge is 0.308 e. The molecule has 0 aliphatic heterocycles. The van der Waals surface area contributed by atoms with Crippen LogP contribution in [0.5, 0.6) is 0 Å². The molecule has 1 unspecified atom stereocenters. The Morgan fingerprint density at radius 1 is 1.43 bits per heavy atom. The molecule has 9 heteroatoms. The van der Waals surface area contributed by atoms with E-state index in [1.165, 1.54) is 6.20 Å². The quantitative estimate of drug-likeness (QED) is 0.576. The molecule has 1 heterocycles. The average molecular weight is 297 g/mol. The molecule has 0 aromatic carbocycles. The topological polar surface area (TPSA) is 140 Å². The van der Waals surface area contributed by atoms with E-state index in [1.54, 1.807) is 0 Å². The third kappa shape index (κ3) is 5.59. The van der Waals surface area contributed by atoms with Crippen molar-refractivity contribution in [2.75, 3.05) is 6.54 Å². The van der Waals surface area contributed by atoms with Gasteiger partial charge in [0.15, 0.2) is 5.69 Å². The van der Waals surface area contributed by atoms with E-state index in [-0.39, 0.29) is 24.7 Å². The van der Waals surface area contributed by atoms with E-state index >= 15 is 0 Å². The molecule has 21 heavy (non-hydrogen) atoms. The molecule has 1 atom stereocenters. The number of nitrogens with one attached hydrogen (secondary N) is 1. The molecule has 0 radical (unpaired) electrons. The largest absolute Gasteiger partial charge is 0.481 e. The predicted octanol–water partition coefficient (Wildman–Crippen LogP) is -0.760. The van der Waals surface area contributed by atoms with Gasteiger partial charge in [-0.15, -0.1) is 5.10 Å². The zero-order chi connectivity index (χ0) is 16.0. The van der Waals surface area contributed by atoms with Gasteiger partial charge in [-0.2, -0.15) is 0 Å². The van der Waals surface area contributed by atoms with Gasteiger partial charge in [-0.1, -0.05) is 19.1 Å². The number of hydrogen-bond donors (Lipinski definition) is 3. The van der Waals surface area contributed by atoms with E-state index < -0.39 is 23.7 Å². The SMILES string of the molecule is CC(C)CC(CNC(=O)c1cn(CC(N)=O)nn1)C(=O)O. The maximum atomic E-state index is 11.8. The van der Waals surface area contributed by atoms with Crippen LogP contribution in [-0.4, -0.2) is 44.4 Å². The van der Waals surface area contributed by atoms with Crippen molar-refractivity contribution in [2.24, 2.45) is 17.6 Å². The number of aromatic nitrogens is 3. The molecule has 1 aromatic heterocycles. The summed E-state index contributed by atoms with van der Waals surface area (Å²) in [6, 6.07) is 0. The van der Waals surface area contributed by atoms with Crippen molar-refractivity contribution in [3.63, 3.8) is 0 Å². The first-order valence-electron chi connectivity index (χ1n) is 6.49. The highest BCUT2D eigenvalue weighted by Gasteiger charge is 2.21. The molecule has 0 aliphatic rings. The van der Waals surface area contributed by atoms with Gasteiger partial charge in [0.2, 0.25) is 5.91 Å². The first kappa shape index (κ1) is 16.6. The van der Waals surface area contributed by atoms with Gasteiger partial charge in [0.25, 0.3) is 5.91 Å². The van der Waals surface area contributed by atoms with Crippen LogP contribution in [0.3, 0.4) is 0 Å². The van der Waals surface area contributed by atoms with Crippen molar-refractivity contribution in [3.8, 4) is 0 Å². The van der Waals surface area contributed by atoms with E-state index in [0.29, 0.717) is 6.42 Å². The molecule has 0 saturated heterocycles. The Kier molecular flexibility index (Phi) is 5.82. The van der Waals surface area contributed by atoms with Crippen molar-refractivity contribution >= 4 is 17.8 Å². The highest BCUT2D eigenvalue weighted by molar-refractivity contribution is 5.92. The lowest BCUT2D eigenvalue weighted by atomic mass is 9.97. The Balaban J connectivity index is 2.57. The zero-order valence-corrected chi connectivity index (χ0v) is 11.9. The summed E-state index contributed by atoms with van der Waals surface area (Å²) in [6.45, 7) is 3.65. The number of nitrogens with two attached hydrogens (primary N) is 1. The fraction of sp³-hybridized carbons (Fsp3) is 0.583. The van der Waals surface area contributed by atoms with Crippen LogP contribution in [-0.2, 0) is 16.1 Å². The molecule has 1 rings (SSSR count). The van der Waals surface area contributed by atoms with Gasteiger partial charge in [0, 0.05) is 6.54 Å². The summed E-state index contributed by atoms with van der Waals surface area (Å²) in [5.74, 6) is -2.55. The minimum Gasteiger partial charge on any atom is -0.481 e. The van der Waals surface area contributed by atoms with E-state index in [2.05, 4.69) is 15.6 Å². The molecule has 0 fully saturated rings. The molecule has 116 valence electrons. The lowest BCUT2D eigenvalue weighted by Crippen LogP contribution is -2.33. The second kappa shape index (κ2) is 7.36. The first-order valence-corrected chi connectivity index (χ1v) is 6.49. The number of aliphatic carboxylic acids is 1. The Morgan fingerprint density at radius 2 is 2.10 bits per heavy atom. The average Bonchev–Trinajstić information content (AvgIpc) is 2.80. The van der Waals surface area contributed by atoms with Crippen molar-refractivity contribution < 1.29 is 19.5 Å². The highest BCUT2D eigenvalue weighted by atomic mass is 16.4. The Labute approximate surface area is 121 Å². The van der Waals surface area contributed by atoms with Gasteiger partial charge in [-0.3, -0.25) is 14.4 Å². The molecule has 0 aliphatic carbocycles. The number of amides is 2. The maximum Gasteiger partial charge on any atom is 0.308 e. The molecule has 0 spiro atoms. The fourth-order valence-corrected chi connectivity index (χ4v) is 1.79. The van der Waals surface area contributed by atoms with Gasteiger partial charge in [0.1, 0.15) is 6.54 Å². The van der Waals surface area contributed by atoms with Crippen LogP contribution < -0.4 is 11.1 Å². The molecule has 0 bridgehead atoms. The number of carboxylic acids is 1. The Morgan fingerprint density at radius 3 is 2.62 bits per heavy atom. The highest BCUT2D eigenvalue weighted by Crippen LogP contribution is 2.11. The molecule has 1 aromatic rings. The number of carboxylic acid groups (broad SMARTS) is 1. The number of hydrogen-bond acceptors (Lipinski definition) is 5. The summed E-state index contributed by atoms with van der Waals surface area (Å²) in [7, 11) is 0. The zero-order valence-electron chi connectivity index (χ0n) is 11.9. The molecular formula is C12H19N5O4. The normalized spacial score (nSPS) is 12.1. The molecular weight excluding hydrogens is 278 g/mol. The molecule has 9 nitrogen and oxygen atoms in total. The van der Waals surface area contributed by atoms with Crippen molar-refractivity contribution in [2.45, 2.75) is 26.8 Å². The van der Waals surface area contributed by atoms with E-state index in [1.807, 2.05) is 13.8 Å². The second-order valence-electron chi connectivity index (χ2n) is 5.14. The molecule has 2 amide bonds. The van der Waals surface area contributed by atoms with Crippen molar-refractivity contribution in [3.05, 3.63) is 11.9 Å². The first-order chi connectivity index (χ1) is 9.79. The third-order valence-corrected chi connectivity index (χ3v) is 2.70. The van der Waals surface area contributed by atoms with Crippen LogP contribution in [0.25, 0.3) is 0 Å². The summed E-state index contributed by atoms with van der Waals surface area (Å²) in [5, 5.41) is 18.8. The predicted molar refractivity (Wildman–Crippen MR) is 72.1 cm³/mol. The van der Waals surface area contributed by atoms with Crippen molar-refractivity contribution in [1.29, 1.82) is 0 Å². The maximum absolute atomic E-state index is 11.8. The van der Waals surface area contributed by atoms with Crippen molar-refractivity contribution in [1.82, 2.24) is 20.3 Å². The summed E-state index contributed by atoms with van der Waals surface area (Å²) >= 11 is 0. The summed E-state index contributed by atoms with van der Waals surface area (Å²) < 4.78 is 1.14. The standard InChI is InChI=1S/C12H19N5O4/c1-7(2)3-8(12(20)21)4-14-11(19)9-5-17(16-15-9)6-10(13)18/h5,7-8H,3-4,6H2,1-2H3,(H2,13,18)(H,14,19)(H,20,21). The Bertz CT molecular complexity index is 525. The van der Waals surface area contributed by atoms with E-state index in [9.17, 15) is 14.4 Å². The monoisotopic (exact) mass is 297 g/mol. The summed E-state index contributed by atoms with van der Waals surface area (Å²) in [5.41, 5.74) is 5.00. The van der Waals surface area contributed by atoms with Crippen LogP contribution in [0.4, 0.5) is 0 Å². The summed E-state index contributed by atoms with van der Waals surface area (Å²) in [6.07, 6.45) is 1.74. The van der Waals surface area contributed by atoms with Gasteiger partial charge in [-0.05, 0) is 12.3 Å². The fourth-order valence-electron chi connectivity index (χ4n) is 1.79. The number of rotatable bonds is 8. The van der Waals surface area contributed by atoms with Crippen LogP contribution in [0.2, 0.25) is 0 Å². The van der Waals surface area contributed by atoms with E-state index in [4.69, 9.17) is 10.8 Å². The van der Waals surface area contributed by atoms with Crippen LogP contribution in [0.15, 0.2) is 6.20 Å². The minimum absolute atomic E-state index is 0.00457. The van der Waals surface area contributed by atoms with Gasteiger partial charge in [-0.25, -0.2) is 4.68 Å². The lowest BCUT2D eigenvalue weighted by Gasteiger charge is -2.14. The Hall–Kier alpha value is -2.45. The third-order valence-electron chi connectivity index (χ3n) is 2.70. The number of nitrogens with zero attached hydrogens (tertiary/aromatic N) is 3. The second-order valence-corrected chi connectivity index (χ2v) is 5.14. The molecule has 0 saturated carbocycles.